The van der Waals surface area contributed by atoms with Crippen molar-refractivity contribution >= 4 is 23.5 Å². The molecule has 1 fully saturated rings. The highest BCUT2D eigenvalue weighted by Gasteiger charge is 2.29. The predicted molar refractivity (Wildman–Crippen MR) is 85.0 cm³/mol. The van der Waals surface area contributed by atoms with Crippen LogP contribution in [0.4, 0.5) is 0 Å². The van der Waals surface area contributed by atoms with Gasteiger partial charge in [0, 0.05) is 35.7 Å². The number of thioether (sulfide) groups is 1. The molecule has 4 heteroatoms. The monoisotopic (exact) mass is 303 g/mol. The standard InChI is InChI=1S/C17H21NO2S/c1-11-8-12(2)10-18(9-11)17(20)14-5-3-4-13-15(19)6-7-21-16(13)14/h3-5,11-12H,6-10H2,1-2H3. The molecule has 1 aromatic carbocycles. The molecule has 2 aliphatic heterocycles. The molecule has 112 valence electrons. The van der Waals surface area contributed by atoms with Crippen molar-refractivity contribution in [2.24, 2.45) is 11.8 Å². The zero-order valence-electron chi connectivity index (χ0n) is 12.6. The molecule has 0 aromatic heterocycles. The first-order valence-corrected chi connectivity index (χ1v) is 8.63. The summed E-state index contributed by atoms with van der Waals surface area (Å²) in [4.78, 5) is 27.7. The van der Waals surface area contributed by atoms with E-state index >= 15 is 0 Å². The van der Waals surface area contributed by atoms with E-state index in [4.69, 9.17) is 0 Å². The van der Waals surface area contributed by atoms with Gasteiger partial charge in [-0.3, -0.25) is 9.59 Å². The Bertz CT molecular complexity index is 574. The Morgan fingerprint density at radius 3 is 2.67 bits per heavy atom. The van der Waals surface area contributed by atoms with Crippen LogP contribution in [0.1, 0.15) is 47.4 Å². The van der Waals surface area contributed by atoms with E-state index in [0.29, 0.717) is 23.8 Å². The van der Waals surface area contributed by atoms with E-state index in [1.807, 2.05) is 23.1 Å². The van der Waals surface area contributed by atoms with Crippen LogP contribution in [0, 0.1) is 11.8 Å². The number of nitrogens with zero attached hydrogens (tertiary/aromatic N) is 1. The van der Waals surface area contributed by atoms with E-state index < -0.39 is 0 Å². The van der Waals surface area contributed by atoms with Crippen molar-refractivity contribution in [1.29, 1.82) is 0 Å². The molecule has 2 unspecified atom stereocenters. The fourth-order valence-electron chi connectivity index (χ4n) is 3.46. The summed E-state index contributed by atoms with van der Waals surface area (Å²) in [6, 6.07) is 5.56. The maximum atomic E-state index is 12.9. The van der Waals surface area contributed by atoms with E-state index in [9.17, 15) is 9.59 Å². The fourth-order valence-corrected chi connectivity index (χ4v) is 4.60. The normalized spacial score (nSPS) is 25.6. The van der Waals surface area contributed by atoms with E-state index in [0.717, 1.165) is 29.3 Å². The van der Waals surface area contributed by atoms with Crippen LogP contribution < -0.4 is 0 Å². The van der Waals surface area contributed by atoms with Crippen molar-refractivity contribution in [1.82, 2.24) is 4.90 Å². The maximum Gasteiger partial charge on any atom is 0.255 e. The van der Waals surface area contributed by atoms with Gasteiger partial charge in [-0.1, -0.05) is 26.0 Å². The van der Waals surface area contributed by atoms with Crippen molar-refractivity contribution in [3.63, 3.8) is 0 Å². The molecule has 0 radical (unpaired) electrons. The number of carbonyl (C=O) groups excluding carboxylic acids is 2. The summed E-state index contributed by atoms with van der Waals surface area (Å²) in [6.07, 6.45) is 1.76. The third-order valence-corrected chi connectivity index (χ3v) is 5.41. The molecular formula is C17H21NO2S. The molecule has 3 nitrogen and oxygen atoms in total. The van der Waals surface area contributed by atoms with E-state index in [1.54, 1.807) is 11.8 Å². The number of benzene rings is 1. The molecule has 21 heavy (non-hydrogen) atoms. The number of hydrogen-bond donors (Lipinski definition) is 0. The zero-order chi connectivity index (χ0) is 15.0. The van der Waals surface area contributed by atoms with Crippen LogP contribution >= 0.6 is 11.8 Å². The van der Waals surface area contributed by atoms with Gasteiger partial charge in [0.1, 0.15) is 0 Å². The smallest absolute Gasteiger partial charge is 0.255 e. The summed E-state index contributed by atoms with van der Waals surface area (Å²) in [5.74, 6) is 2.13. The average molecular weight is 303 g/mol. The first-order valence-electron chi connectivity index (χ1n) is 7.64. The summed E-state index contributed by atoms with van der Waals surface area (Å²) in [6.45, 7) is 6.06. The Labute approximate surface area is 130 Å². The lowest BCUT2D eigenvalue weighted by Crippen LogP contribution is -2.42. The minimum Gasteiger partial charge on any atom is -0.338 e. The first-order chi connectivity index (χ1) is 10.1. The van der Waals surface area contributed by atoms with Crippen LogP contribution in [0.5, 0.6) is 0 Å². The molecule has 2 atom stereocenters. The second-order valence-electron chi connectivity index (χ2n) is 6.36. The summed E-state index contributed by atoms with van der Waals surface area (Å²) in [7, 11) is 0. The second-order valence-corrected chi connectivity index (χ2v) is 7.47. The number of carbonyl (C=O) groups is 2. The third-order valence-electron chi connectivity index (χ3n) is 4.28. The lowest BCUT2D eigenvalue weighted by atomic mass is 9.91. The molecule has 0 saturated carbocycles. The topological polar surface area (TPSA) is 37.4 Å². The molecule has 1 amide bonds. The molecule has 0 bridgehead atoms. The quantitative estimate of drug-likeness (QED) is 0.797. The largest absolute Gasteiger partial charge is 0.338 e. The first kappa shape index (κ1) is 14.6. The minimum atomic E-state index is 0.0902. The number of piperidine rings is 1. The zero-order valence-corrected chi connectivity index (χ0v) is 13.4. The number of rotatable bonds is 1. The maximum absolute atomic E-state index is 12.9. The minimum absolute atomic E-state index is 0.0902. The Kier molecular flexibility index (Phi) is 4.07. The van der Waals surface area contributed by atoms with Crippen molar-refractivity contribution in [2.45, 2.75) is 31.6 Å². The van der Waals surface area contributed by atoms with E-state index in [-0.39, 0.29) is 11.7 Å². The van der Waals surface area contributed by atoms with Gasteiger partial charge in [-0.05, 0) is 24.3 Å². The Hall–Kier alpha value is -1.29. The lowest BCUT2D eigenvalue weighted by molar-refractivity contribution is 0.0619. The van der Waals surface area contributed by atoms with Crippen molar-refractivity contribution in [3.8, 4) is 0 Å². The van der Waals surface area contributed by atoms with Gasteiger partial charge in [-0.2, -0.15) is 0 Å². The highest BCUT2D eigenvalue weighted by molar-refractivity contribution is 7.99. The number of amides is 1. The van der Waals surface area contributed by atoms with Gasteiger partial charge in [-0.25, -0.2) is 0 Å². The van der Waals surface area contributed by atoms with Gasteiger partial charge in [0.25, 0.3) is 5.91 Å². The van der Waals surface area contributed by atoms with Gasteiger partial charge in [-0.15, -0.1) is 11.8 Å². The van der Waals surface area contributed by atoms with Gasteiger partial charge in [0.15, 0.2) is 5.78 Å². The van der Waals surface area contributed by atoms with Crippen LogP contribution in [-0.2, 0) is 0 Å². The van der Waals surface area contributed by atoms with Gasteiger partial charge in [0.05, 0.1) is 5.56 Å². The van der Waals surface area contributed by atoms with Crippen LogP contribution in [0.15, 0.2) is 23.1 Å². The Morgan fingerprint density at radius 1 is 1.24 bits per heavy atom. The number of likely N-dealkylation sites (tertiary alicyclic amines) is 1. The SMILES string of the molecule is CC1CC(C)CN(C(=O)c2cccc3c2SCCC3=O)C1. The Morgan fingerprint density at radius 2 is 1.95 bits per heavy atom. The summed E-state index contributed by atoms with van der Waals surface area (Å²) < 4.78 is 0. The van der Waals surface area contributed by atoms with Gasteiger partial charge >= 0.3 is 0 Å². The summed E-state index contributed by atoms with van der Waals surface area (Å²) >= 11 is 1.64. The third kappa shape index (κ3) is 2.86. The molecule has 0 aliphatic carbocycles. The molecule has 0 spiro atoms. The molecule has 1 saturated heterocycles. The molecule has 2 heterocycles. The highest BCUT2D eigenvalue weighted by atomic mass is 32.2. The van der Waals surface area contributed by atoms with Crippen molar-refractivity contribution in [2.75, 3.05) is 18.8 Å². The second kappa shape index (κ2) is 5.84. The molecule has 1 aromatic rings. The highest BCUT2D eigenvalue weighted by Crippen LogP contribution is 2.34. The molecular weight excluding hydrogens is 282 g/mol. The van der Waals surface area contributed by atoms with E-state index in [2.05, 4.69) is 13.8 Å². The fraction of sp³-hybridized carbons (Fsp3) is 0.529. The predicted octanol–water partition coefficient (Wildman–Crippen LogP) is 3.48. The molecule has 0 N–H and O–H groups in total. The molecule has 2 aliphatic rings. The summed E-state index contributed by atoms with van der Waals surface area (Å²) in [5.41, 5.74) is 1.45. The van der Waals surface area contributed by atoms with Gasteiger partial charge < -0.3 is 4.90 Å². The lowest BCUT2D eigenvalue weighted by Gasteiger charge is -2.35. The number of fused-ring (bicyclic) bond motifs is 1. The van der Waals surface area contributed by atoms with Crippen LogP contribution in [0.3, 0.4) is 0 Å². The molecule has 3 rings (SSSR count). The number of Topliss-reactive ketones (excluding diaryl/α,β-unsaturated/α-hetero) is 1. The van der Waals surface area contributed by atoms with Gasteiger partial charge in [0.2, 0.25) is 0 Å². The number of ketones is 1. The van der Waals surface area contributed by atoms with Crippen molar-refractivity contribution in [3.05, 3.63) is 29.3 Å². The average Bonchev–Trinajstić information content (AvgIpc) is 2.45. The van der Waals surface area contributed by atoms with Crippen LogP contribution in [-0.4, -0.2) is 35.4 Å². The van der Waals surface area contributed by atoms with Crippen LogP contribution in [0.25, 0.3) is 0 Å². The van der Waals surface area contributed by atoms with Crippen LogP contribution in [0.2, 0.25) is 0 Å². The Balaban J connectivity index is 1.92. The number of hydrogen-bond acceptors (Lipinski definition) is 3. The van der Waals surface area contributed by atoms with Crippen molar-refractivity contribution < 1.29 is 9.59 Å². The van der Waals surface area contributed by atoms with E-state index in [1.165, 1.54) is 6.42 Å². The summed E-state index contributed by atoms with van der Waals surface area (Å²) in [5, 5.41) is 0.